The molecule has 3 heteroatoms. The van der Waals surface area contributed by atoms with Crippen LogP contribution < -0.4 is 0 Å². The van der Waals surface area contributed by atoms with Crippen molar-refractivity contribution >= 4 is 48.0 Å². The van der Waals surface area contributed by atoms with Gasteiger partial charge in [-0.25, -0.2) is 0 Å². The van der Waals surface area contributed by atoms with Crippen molar-refractivity contribution in [3.8, 4) is 0 Å². The van der Waals surface area contributed by atoms with Gasteiger partial charge in [0, 0.05) is 0 Å². The minimum absolute atomic E-state index is 0. The van der Waals surface area contributed by atoms with Gasteiger partial charge in [0.05, 0.1) is 0 Å². The molecule has 0 fully saturated rings. The molecule has 0 N–H and O–H groups in total. The van der Waals surface area contributed by atoms with Gasteiger partial charge in [-0.1, -0.05) is 0 Å². The molecule has 0 saturated carbocycles. The summed E-state index contributed by atoms with van der Waals surface area (Å²) >= 11 is -0.526. The summed E-state index contributed by atoms with van der Waals surface area (Å²) in [5, 5.41) is 0. The van der Waals surface area contributed by atoms with Gasteiger partial charge in [0.1, 0.15) is 0 Å². The summed E-state index contributed by atoms with van der Waals surface area (Å²) in [7, 11) is 0. The molecule has 0 unspecified atom stereocenters. The summed E-state index contributed by atoms with van der Waals surface area (Å²) in [5.41, 5.74) is 0. The van der Waals surface area contributed by atoms with E-state index in [1.54, 1.807) is 6.66 Å². The largest absolute Gasteiger partial charge is 0.107 e. The molecule has 70 valence electrons. The SMILES string of the molecule is C1=CC[C]([Hf][C]2=CC=CC2)=C1.I.I. The molecule has 2 aliphatic rings. The van der Waals surface area contributed by atoms with Gasteiger partial charge in [-0.2, -0.15) is 0 Å². The number of rotatable bonds is 2. The fourth-order valence-corrected chi connectivity index (χ4v) is 5.64. The van der Waals surface area contributed by atoms with Crippen molar-refractivity contribution in [2.75, 3.05) is 0 Å². The van der Waals surface area contributed by atoms with Crippen LogP contribution in [0.5, 0.6) is 0 Å². The Kier molecular flexibility index (Phi) is 8.32. The van der Waals surface area contributed by atoms with Crippen LogP contribution in [-0.4, -0.2) is 0 Å². The molecular formula is C10H12HfI2. The van der Waals surface area contributed by atoms with Gasteiger partial charge < -0.3 is 0 Å². The molecule has 0 radical (unpaired) electrons. The van der Waals surface area contributed by atoms with Crippen molar-refractivity contribution in [1.82, 2.24) is 0 Å². The molecule has 0 amide bonds. The van der Waals surface area contributed by atoms with Crippen LogP contribution in [0, 0.1) is 0 Å². The van der Waals surface area contributed by atoms with E-state index in [0.29, 0.717) is 0 Å². The van der Waals surface area contributed by atoms with Crippen LogP contribution in [-0.2, 0) is 22.9 Å². The van der Waals surface area contributed by atoms with Crippen molar-refractivity contribution in [2.45, 2.75) is 12.8 Å². The summed E-state index contributed by atoms with van der Waals surface area (Å²) in [6.45, 7) is 0. The average molecular weight is 565 g/mol. The first-order valence-electron chi connectivity index (χ1n) is 3.93. The number of hydrogen-bond donors (Lipinski definition) is 0. The average Bonchev–Trinajstić information content (AvgIpc) is 2.60. The summed E-state index contributed by atoms with van der Waals surface area (Å²) in [4.78, 5) is 0. The summed E-state index contributed by atoms with van der Waals surface area (Å²) in [6, 6.07) is 0. The number of hydrogen-bond acceptors (Lipinski definition) is 0. The molecule has 0 bridgehead atoms. The van der Waals surface area contributed by atoms with Crippen molar-refractivity contribution in [3.05, 3.63) is 43.1 Å². The minimum atomic E-state index is -0.526. The monoisotopic (exact) mass is 566 g/mol. The van der Waals surface area contributed by atoms with E-state index in [9.17, 15) is 0 Å². The zero-order chi connectivity index (χ0) is 7.52. The zero-order valence-electron chi connectivity index (χ0n) is 7.19. The Labute approximate surface area is 125 Å². The first-order chi connectivity index (χ1) is 5.45. The normalized spacial score (nSPS) is 17.2. The van der Waals surface area contributed by atoms with E-state index in [2.05, 4.69) is 36.5 Å². The quantitative estimate of drug-likeness (QED) is 0.352. The van der Waals surface area contributed by atoms with E-state index in [1.807, 2.05) is 0 Å². The molecule has 0 heterocycles. The van der Waals surface area contributed by atoms with Gasteiger partial charge in [0.25, 0.3) is 0 Å². The van der Waals surface area contributed by atoms with E-state index >= 15 is 0 Å². The molecule has 2 rings (SSSR count). The van der Waals surface area contributed by atoms with E-state index in [0.717, 1.165) is 0 Å². The molecule has 2 aliphatic carbocycles. The predicted octanol–water partition coefficient (Wildman–Crippen LogP) is 3.99. The maximum Gasteiger partial charge on any atom is -0.107 e. The standard InChI is InChI=1S/2C5H5.Hf.2HI/c2*1-2-4-5-3-1;;;/h2*1-3H,4H2;;2*1H. The Bertz CT molecular complexity index is 247. The first kappa shape index (κ1) is 14.3. The topological polar surface area (TPSA) is 0 Å². The molecule has 0 aromatic carbocycles. The van der Waals surface area contributed by atoms with Crippen molar-refractivity contribution < 1.29 is 22.9 Å². The molecular weight excluding hydrogens is 552 g/mol. The molecule has 0 aliphatic heterocycles. The third-order valence-corrected chi connectivity index (χ3v) is 6.84. The summed E-state index contributed by atoms with van der Waals surface area (Å²) < 4.78 is 3.50. The summed E-state index contributed by atoms with van der Waals surface area (Å²) in [5.74, 6) is 0. The van der Waals surface area contributed by atoms with E-state index in [-0.39, 0.29) is 48.0 Å². The fraction of sp³-hybridized carbons (Fsp3) is 0.200. The predicted molar refractivity (Wildman–Crippen MR) is 74.5 cm³/mol. The van der Waals surface area contributed by atoms with Gasteiger partial charge >= 0.3 is 78.9 Å². The Balaban J connectivity index is 0.000000720. The van der Waals surface area contributed by atoms with Crippen molar-refractivity contribution in [1.29, 1.82) is 0 Å². The fourth-order valence-electron chi connectivity index (χ4n) is 1.29. The first-order valence-corrected chi connectivity index (χ1v) is 7.53. The van der Waals surface area contributed by atoms with Gasteiger partial charge in [0.15, 0.2) is 0 Å². The van der Waals surface area contributed by atoms with Crippen molar-refractivity contribution in [2.24, 2.45) is 0 Å². The van der Waals surface area contributed by atoms with E-state index < -0.39 is 22.9 Å². The molecule has 0 aromatic rings. The molecule has 0 nitrogen and oxygen atoms in total. The smallest absolute Gasteiger partial charge is 0.107 e. The molecule has 0 spiro atoms. The molecule has 0 saturated heterocycles. The molecule has 13 heavy (non-hydrogen) atoms. The number of halogens is 2. The van der Waals surface area contributed by atoms with E-state index in [1.165, 1.54) is 12.8 Å². The maximum atomic E-state index is 2.32. The van der Waals surface area contributed by atoms with Gasteiger partial charge in [-0.15, -0.1) is 48.0 Å². The van der Waals surface area contributed by atoms with Crippen molar-refractivity contribution in [3.63, 3.8) is 0 Å². The van der Waals surface area contributed by atoms with Gasteiger partial charge in [0.2, 0.25) is 0 Å². The van der Waals surface area contributed by atoms with Crippen LogP contribution >= 0.6 is 48.0 Å². The van der Waals surface area contributed by atoms with Gasteiger partial charge in [-0.3, -0.25) is 0 Å². The Hall–Kier alpha value is 1.29. The van der Waals surface area contributed by atoms with Crippen LogP contribution in [0.1, 0.15) is 12.8 Å². The van der Waals surface area contributed by atoms with Crippen LogP contribution in [0.4, 0.5) is 0 Å². The van der Waals surface area contributed by atoms with Crippen LogP contribution in [0.25, 0.3) is 0 Å². The Morgan fingerprint density at radius 1 is 0.846 bits per heavy atom. The molecule has 0 atom stereocenters. The Morgan fingerprint density at radius 3 is 1.62 bits per heavy atom. The summed E-state index contributed by atoms with van der Waals surface area (Å²) in [6.07, 6.45) is 16.1. The number of allylic oxidation sites excluding steroid dienone is 8. The van der Waals surface area contributed by atoms with E-state index in [4.69, 9.17) is 0 Å². The van der Waals surface area contributed by atoms with Crippen LogP contribution in [0.15, 0.2) is 43.1 Å². The van der Waals surface area contributed by atoms with Crippen LogP contribution in [0.2, 0.25) is 0 Å². The van der Waals surface area contributed by atoms with Crippen LogP contribution in [0.3, 0.4) is 0 Å². The maximum absolute atomic E-state index is 2.32. The second kappa shape index (κ2) is 7.56. The zero-order valence-corrected chi connectivity index (χ0v) is 15.4. The second-order valence-electron chi connectivity index (χ2n) is 2.77. The minimum Gasteiger partial charge on any atom is -0.107 e. The Morgan fingerprint density at radius 2 is 1.31 bits per heavy atom. The third-order valence-electron chi connectivity index (χ3n) is 1.86. The second-order valence-corrected chi connectivity index (χ2v) is 8.29. The molecule has 0 aromatic heterocycles. The van der Waals surface area contributed by atoms with Gasteiger partial charge in [-0.05, 0) is 0 Å². The third kappa shape index (κ3) is 4.55.